The maximum atomic E-state index is 6.34. The van der Waals surface area contributed by atoms with Crippen LogP contribution in [-0.4, -0.2) is 23.2 Å². The van der Waals surface area contributed by atoms with Crippen LogP contribution in [0, 0.1) is 5.92 Å². The number of nitrogen functional groups attached to an aromatic ring is 1. The lowest BCUT2D eigenvalue weighted by atomic mass is 9.96. The molecule has 2 N–H and O–H groups in total. The summed E-state index contributed by atoms with van der Waals surface area (Å²) >= 11 is 3.28. The van der Waals surface area contributed by atoms with E-state index >= 15 is 0 Å². The van der Waals surface area contributed by atoms with Crippen molar-refractivity contribution in [3.8, 4) is 5.75 Å². The molecule has 0 radical (unpaired) electrons. The molecule has 0 saturated heterocycles. The van der Waals surface area contributed by atoms with E-state index in [4.69, 9.17) is 20.2 Å². The van der Waals surface area contributed by atoms with E-state index in [1.54, 1.807) is 30.2 Å². The van der Waals surface area contributed by atoms with Gasteiger partial charge in [0.15, 0.2) is 5.16 Å². The van der Waals surface area contributed by atoms with Crippen LogP contribution in [0.5, 0.6) is 5.75 Å². The summed E-state index contributed by atoms with van der Waals surface area (Å²) in [5.74, 6) is 2.71. The highest BCUT2D eigenvalue weighted by atomic mass is 32.2. The van der Waals surface area contributed by atoms with Crippen molar-refractivity contribution in [1.29, 1.82) is 0 Å². The van der Waals surface area contributed by atoms with Crippen LogP contribution < -0.4 is 10.5 Å². The van der Waals surface area contributed by atoms with Gasteiger partial charge in [0.25, 0.3) is 0 Å². The first-order chi connectivity index (χ1) is 13.0. The Bertz CT molecular complexity index is 954. The Morgan fingerprint density at radius 1 is 1.30 bits per heavy atom. The van der Waals surface area contributed by atoms with Gasteiger partial charge >= 0.3 is 0 Å². The molecule has 1 aromatic carbocycles. The molecule has 1 aliphatic heterocycles. The fourth-order valence-corrected chi connectivity index (χ4v) is 5.24. The molecule has 1 atom stereocenters. The summed E-state index contributed by atoms with van der Waals surface area (Å²) in [4.78, 5) is 11.5. The number of anilines is 1. The molecule has 0 fully saturated rings. The quantitative estimate of drug-likeness (QED) is 0.495. The van der Waals surface area contributed by atoms with Crippen LogP contribution >= 0.6 is 23.1 Å². The van der Waals surface area contributed by atoms with E-state index in [-0.39, 0.29) is 6.10 Å². The summed E-state index contributed by atoms with van der Waals surface area (Å²) in [5, 5.41) is 1.74. The molecule has 0 amide bonds. The molecule has 27 heavy (non-hydrogen) atoms. The van der Waals surface area contributed by atoms with Gasteiger partial charge in [-0.05, 0) is 29.2 Å². The Kier molecular flexibility index (Phi) is 5.25. The first-order valence-corrected chi connectivity index (χ1v) is 10.8. The van der Waals surface area contributed by atoms with E-state index in [0.29, 0.717) is 18.3 Å². The number of nitrogens with zero attached hydrogens (tertiary/aromatic N) is 2. The standard InChI is InChI=1S/C20H23N3O2S2/c1-11(2)15-8-14-16(9-25-15)27-19-17(14)18(21)22-20(23-19)26-10-12-4-6-13(24-3)7-5-12/h4-7,11,15H,8-10H2,1-3H3,(H2,21,22,23)/t15-/m0/s1. The molecule has 1 aliphatic rings. The number of thioether (sulfide) groups is 1. The van der Waals surface area contributed by atoms with E-state index < -0.39 is 0 Å². The Morgan fingerprint density at radius 3 is 2.78 bits per heavy atom. The number of benzene rings is 1. The van der Waals surface area contributed by atoms with Gasteiger partial charge in [0.2, 0.25) is 0 Å². The number of hydrogen-bond donors (Lipinski definition) is 1. The van der Waals surface area contributed by atoms with Crippen LogP contribution in [-0.2, 0) is 23.5 Å². The van der Waals surface area contributed by atoms with Crippen LogP contribution in [0.4, 0.5) is 5.82 Å². The fourth-order valence-electron chi connectivity index (χ4n) is 3.25. The summed E-state index contributed by atoms with van der Waals surface area (Å²) in [7, 11) is 1.67. The lowest BCUT2D eigenvalue weighted by Gasteiger charge is -2.26. The van der Waals surface area contributed by atoms with Crippen molar-refractivity contribution in [2.24, 2.45) is 5.92 Å². The summed E-state index contributed by atoms with van der Waals surface area (Å²) < 4.78 is 11.2. The molecule has 5 nitrogen and oxygen atoms in total. The second kappa shape index (κ2) is 7.66. The predicted molar refractivity (Wildman–Crippen MR) is 112 cm³/mol. The molecule has 3 aromatic rings. The van der Waals surface area contributed by atoms with E-state index in [2.05, 4.69) is 31.0 Å². The van der Waals surface area contributed by atoms with Gasteiger partial charge in [-0.3, -0.25) is 0 Å². The average molecular weight is 402 g/mol. The largest absolute Gasteiger partial charge is 0.497 e. The SMILES string of the molecule is COc1ccc(CSc2nc(N)c3c4c(sc3n2)CO[C@H](C(C)C)C4)cc1. The van der Waals surface area contributed by atoms with Crippen LogP contribution in [0.15, 0.2) is 29.4 Å². The van der Waals surface area contributed by atoms with Crippen molar-refractivity contribution in [1.82, 2.24) is 9.97 Å². The maximum Gasteiger partial charge on any atom is 0.191 e. The van der Waals surface area contributed by atoms with Gasteiger partial charge in [0.05, 0.1) is 25.2 Å². The summed E-state index contributed by atoms with van der Waals surface area (Å²) in [6.45, 7) is 5.03. The zero-order valence-corrected chi connectivity index (χ0v) is 17.3. The van der Waals surface area contributed by atoms with Gasteiger partial charge in [-0.25, -0.2) is 9.97 Å². The number of hydrogen-bond acceptors (Lipinski definition) is 7. The third-order valence-electron chi connectivity index (χ3n) is 4.85. The topological polar surface area (TPSA) is 70.3 Å². The molecule has 7 heteroatoms. The monoisotopic (exact) mass is 401 g/mol. The molecule has 142 valence electrons. The number of fused-ring (bicyclic) bond motifs is 3. The number of aromatic nitrogens is 2. The fraction of sp³-hybridized carbons (Fsp3) is 0.400. The number of nitrogens with two attached hydrogens (primary N) is 1. The molecule has 0 spiro atoms. The van der Waals surface area contributed by atoms with Crippen LogP contribution in [0.3, 0.4) is 0 Å². The Labute approximate surface area is 167 Å². The van der Waals surface area contributed by atoms with Crippen molar-refractivity contribution >= 4 is 39.1 Å². The van der Waals surface area contributed by atoms with Crippen molar-refractivity contribution in [3.05, 3.63) is 40.3 Å². The highest BCUT2D eigenvalue weighted by Crippen LogP contribution is 2.39. The van der Waals surface area contributed by atoms with Gasteiger partial charge in [-0.2, -0.15) is 0 Å². The normalized spacial score (nSPS) is 16.7. The minimum absolute atomic E-state index is 0.235. The number of methoxy groups -OCH3 is 1. The highest BCUT2D eigenvalue weighted by molar-refractivity contribution is 7.98. The van der Waals surface area contributed by atoms with Crippen LogP contribution in [0.1, 0.15) is 29.9 Å². The highest BCUT2D eigenvalue weighted by Gasteiger charge is 2.27. The smallest absolute Gasteiger partial charge is 0.191 e. The average Bonchev–Trinajstić information content (AvgIpc) is 3.04. The number of thiophene rings is 1. The summed E-state index contributed by atoms with van der Waals surface area (Å²) in [5.41, 5.74) is 8.82. The number of ether oxygens (including phenoxy) is 2. The third-order valence-corrected chi connectivity index (χ3v) is 6.86. The van der Waals surface area contributed by atoms with E-state index in [1.165, 1.54) is 16.0 Å². The lowest BCUT2D eigenvalue weighted by Crippen LogP contribution is -2.26. The first-order valence-electron chi connectivity index (χ1n) is 9.00. The molecule has 0 aliphatic carbocycles. The predicted octanol–water partition coefficient (Wildman–Crippen LogP) is 4.67. The molecule has 0 saturated carbocycles. The molecular formula is C20H23N3O2S2. The van der Waals surface area contributed by atoms with Crippen LogP contribution in [0.25, 0.3) is 10.2 Å². The van der Waals surface area contributed by atoms with Crippen molar-refractivity contribution in [3.63, 3.8) is 0 Å². The third kappa shape index (κ3) is 3.77. The van der Waals surface area contributed by atoms with Gasteiger partial charge in [0, 0.05) is 17.1 Å². The van der Waals surface area contributed by atoms with Crippen molar-refractivity contribution < 1.29 is 9.47 Å². The maximum absolute atomic E-state index is 6.34. The van der Waals surface area contributed by atoms with E-state index in [1.807, 2.05) is 12.1 Å². The minimum atomic E-state index is 0.235. The lowest BCUT2D eigenvalue weighted by molar-refractivity contribution is 0.00203. The minimum Gasteiger partial charge on any atom is -0.497 e. The Morgan fingerprint density at radius 2 is 2.07 bits per heavy atom. The van der Waals surface area contributed by atoms with Crippen molar-refractivity contribution in [2.45, 2.75) is 43.9 Å². The molecule has 3 heterocycles. The zero-order chi connectivity index (χ0) is 19.0. The molecule has 4 rings (SSSR count). The van der Waals surface area contributed by atoms with Gasteiger partial charge in [0.1, 0.15) is 16.4 Å². The molecular weight excluding hydrogens is 378 g/mol. The Hall–Kier alpha value is -1.83. The summed E-state index contributed by atoms with van der Waals surface area (Å²) in [6, 6.07) is 8.04. The van der Waals surface area contributed by atoms with Crippen molar-refractivity contribution in [2.75, 3.05) is 12.8 Å². The van der Waals surface area contributed by atoms with E-state index in [0.717, 1.165) is 33.3 Å². The first kappa shape index (κ1) is 18.5. The van der Waals surface area contributed by atoms with Gasteiger partial charge < -0.3 is 15.2 Å². The van der Waals surface area contributed by atoms with E-state index in [9.17, 15) is 0 Å². The van der Waals surface area contributed by atoms with Gasteiger partial charge in [-0.1, -0.05) is 37.7 Å². The summed E-state index contributed by atoms with van der Waals surface area (Å²) in [6.07, 6.45) is 1.12. The second-order valence-corrected chi connectivity index (χ2v) is 9.04. The zero-order valence-electron chi connectivity index (χ0n) is 15.7. The molecule has 2 aromatic heterocycles. The molecule has 0 bridgehead atoms. The second-order valence-electron chi connectivity index (χ2n) is 7.01. The number of rotatable bonds is 5. The Balaban J connectivity index is 1.57. The van der Waals surface area contributed by atoms with Crippen LogP contribution in [0.2, 0.25) is 0 Å². The molecule has 0 unspecified atom stereocenters. The van der Waals surface area contributed by atoms with Gasteiger partial charge in [-0.15, -0.1) is 11.3 Å².